The van der Waals surface area contributed by atoms with Crippen LogP contribution in [0.3, 0.4) is 0 Å². The van der Waals surface area contributed by atoms with Crippen molar-refractivity contribution in [3.05, 3.63) is 40.9 Å². The van der Waals surface area contributed by atoms with Gasteiger partial charge in [-0.25, -0.2) is 0 Å². The molecule has 0 spiro atoms. The van der Waals surface area contributed by atoms with Crippen LogP contribution < -0.4 is 10.2 Å². The second-order valence-electron chi connectivity index (χ2n) is 4.61. The molecule has 0 aromatic heterocycles. The highest BCUT2D eigenvalue weighted by molar-refractivity contribution is 6.34. The average molecular weight is 295 g/mol. The van der Waals surface area contributed by atoms with Crippen LogP contribution in [0.1, 0.15) is 18.1 Å². The molecule has 1 rings (SSSR count). The van der Waals surface area contributed by atoms with Crippen molar-refractivity contribution in [3.8, 4) is 0 Å². The molecule has 0 aliphatic rings. The van der Waals surface area contributed by atoms with Crippen LogP contribution in [0.2, 0.25) is 5.02 Å². The first kappa shape index (κ1) is 16.2. The maximum atomic E-state index is 11.8. The number of carbonyl (C=O) groups excluding carboxylic acids is 2. The Kier molecular flexibility index (Phi) is 5.77. The number of carbonyl (C=O) groups is 2. The van der Waals surface area contributed by atoms with E-state index in [-0.39, 0.29) is 18.4 Å². The number of nitrogens with zero attached hydrogens (tertiary/aromatic N) is 1. The van der Waals surface area contributed by atoms with Crippen LogP contribution in [0.4, 0.5) is 5.69 Å². The number of anilines is 1. The third kappa shape index (κ3) is 4.10. The van der Waals surface area contributed by atoms with E-state index in [0.29, 0.717) is 17.3 Å². The molecule has 0 aliphatic carbocycles. The first-order chi connectivity index (χ1) is 9.36. The smallest absolute Gasteiger partial charge is 0.240 e. The Bertz CT molecular complexity index is 518. The molecule has 5 heteroatoms. The number of hydrogen-bond donors (Lipinski definition) is 1. The lowest BCUT2D eigenvalue weighted by Gasteiger charge is -2.24. The van der Waals surface area contributed by atoms with Gasteiger partial charge in [-0.2, -0.15) is 0 Å². The molecular formula is C15H19ClN2O2. The monoisotopic (exact) mass is 294 g/mol. The van der Waals surface area contributed by atoms with E-state index >= 15 is 0 Å². The predicted molar refractivity (Wildman–Crippen MR) is 82.2 cm³/mol. The summed E-state index contributed by atoms with van der Waals surface area (Å²) in [6, 6.07) is 3.71. The van der Waals surface area contributed by atoms with Crippen molar-refractivity contribution in [1.82, 2.24) is 5.32 Å². The number of hydrogen-bond acceptors (Lipinski definition) is 2. The average Bonchev–Trinajstić information content (AvgIpc) is 2.33. The van der Waals surface area contributed by atoms with Crippen molar-refractivity contribution in [2.24, 2.45) is 0 Å². The van der Waals surface area contributed by atoms with E-state index in [0.717, 1.165) is 11.1 Å². The van der Waals surface area contributed by atoms with Gasteiger partial charge in [0.1, 0.15) is 6.54 Å². The standard InChI is InChI=1S/C15H19ClN2O2/c1-5-6-17-14(20)9-18(12(4)19)15-11(3)7-10(2)8-13(15)16/h5,7-8H,1,6,9H2,2-4H3,(H,17,20). The quantitative estimate of drug-likeness (QED) is 0.849. The van der Waals surface area contributed by atoms with Crippen LogP contribution in [-0.4, -0.2) is 24.9 Å². The van der Waals surface area contributed by atoms with Gasteiger partial charge in [0.25, 0.3) is 0 Å². The van der Waals surface area contributed by atoms with Gasteiger partial charge in [0.2, 0.25) is 11.8 Å². The van der Waals surface area contributed by atoms with Gasteiger partial charge >= 0.3 is 0 Å². The number of amides is 2. The summed E-state index contributed by atoms with van der Waals surface area (Å²) in [5.41, 5.74) is 2.45. The van der Waals surface area contributed by atoms with E-state index < -0.39 is 0 Å². The van der Waals surface area contributed by atoms with Crippen molar-refractivity contribution < 1.29 is 9.59 Å². The number of rotatable bonds is 5. The summed E-state index contributed by atoms with van der Waals surface area (Å²) >= 11 is 6.22. The Morgan fingerprint density at radius 3 is 2.55 bits per heavy atom. The zero-order valence-electron chi connectivity index (χ0n) is 12.0. The van der Waals surface area contributed by atoms with Crippen molar-refractivity contribution in [1.29, 1.82) is 0 Å². The van der Waals surface area contributed by atoms with Gasteiger partial charge in [-0.1, -0.05) is 23.7 Å². The van der Waals surface area contributed by atoms with E-state index in [9.17, 15) is 9.59 Å². The number of nitrogens with one attached hydrogen (secondary N) is 1. The van der Waals surface area contributed by atoms with Crippen molar-refractivity contribution in [2.45, 2.75) is 20.8 Å². The lowest BCUT2D eigenvalue weighted by atomic mass is 10.1. The molecule has 0 fully saturated rings. The maximum absolute atomic E-state index is 11.8. The van der Waals surface area contributed by atoms with Crippen LogP contribution in [-0.2, 0) is 9.59 Å². The van der Waals surface area contributed by atoms with Crippen LogP contribution in [0.15, 0.2) is 24.8 Å². The fourth-order valence-corrected chi connectivity index (χ4v) is 2.41. The van der Waals surface area contributed by atoms with Crippen molar-refractivity contribution in [2.75, 3.05) is 18.0 Å². The first-order valence-electron chi connectivity index (χ1n) is 6.29. The van der Waals surface area contributed by atoms with Gasteiger partial charge in [0, 0.05) is 13.5 Å². The summed E-state index contributed by atoms with van der Waals surface area (Å²) in [6.07, 6.45) is 1.58. The van der Waals surface area contributed by atoms with Gasteiger partial charge in [-0.15, -0.1) is 6.58 Å². The second-order valence-corrected chi connectivity index (χ2v) is 5.02. The lowest BCUT2D eigenvalue weighted by Crippen LogP contribution is -2.40. The highest BCUT2D eigenvalue weighted by Crippen LogP contribution is 2.31. The summed E-state index contributed by atoms with van der Waals surface area (Å²) in [6.45, 7) is 9.04. The van der Waals surface area contributed by atoms with E-state index in [1.54, 1.807) is 12.1 Å². The summed E-state index contributed by atoms with van der Waals surface area (Å²) in [4.78, 5) is 25.0. The van der Waals surface area contributed by atoms with Gasteiger partial charge in [0.15, 0.2) is 0 Å². The molecule has 4 nitrogen and oxygen atoms in total. The molecular weight excluding hydrogens is 276 g/mol. The normalized spacial score (nSPS) is 10.0. The van der Waals surface area contributed by atoms with Crippen LogP contribution >= 0.6 is 11.6 Å². The summed E-state index contributed by atoms with van der Waals surface area (Å²) in [5.74, 6) is -0.483. The molecule has 0 saturated carbocycles. The predicted octanol–water partition coefficient (Wildman–Crippen LogP) is 2.61. The molecule has 0 atom stereocenters. The summed E-state index contributed by atoms with van der Waals surface area (Å²) in [5, 5.41) is 3.11. The molecule has 0 heterocycles. The second kappa shape index (κ2) is 7.10. The first-order valence-corrected chi connectivity index (χ1v) is 6.67. The Hall–Kier alpha value is -1.81. The van der Waals surface area contributed by atoms with Gasteiger partial charge in [-0.3, -0.25) is 9.59 Å². The Labute approximate surface area is 124 Å². The van der Waals surface area contributed by atoms with Gasteiger partial charge < -0.3 is 10.2 Å². The Morgan fingerprint density at radius 2 is 2.05 bits per heavy atom. The molecule has 108 valence electrons. The zero-order valence-corrected chi connectivity index (χ0v) is 12.8. The number of benzene rings is 1. The largest absolute Gasteiger partial charge is 0.351 e. The lowest BCUT2D eigenvalue weighted by molar-refractivity contribution is -0.122. The molecule has 0 bridgehead atoms. The summed E-state index contributed by atoms with van der Waals surface area (Å²) < 4.78 is 0. The molecule has 0 aliphatic heterocycles. The van der Waals surface area contributed by atoms with Crippen LogP contribution in [0.5, 0.6) is 0 Å². The fraction of sp³-hybridized carbons (Fsp3) is 0.333. The van der Waals surface area contributed by atoms with Crippen LogP contribution in [0.25, 0.3) is 0 Å². The fourth-order valence-electron chi connectivity index (χ4n) is 1.98. The highest BCUT2D eigenvalue weighted by atomic mass is 35.5. The summed E-state index contributed by atoms with van der Waals surface area (Å²) in [7, 11) is 0. The zero-order chi connectivity index (χ0) is 15.3. The van der Waals surface area contributed by atoms with E-state index in [1.165, 1.54) is 11.8 Å². The third-order valence-electron chi connectivity index (χ3n) is 2.79. The molecule has 0 unspecified atom stereocenters. The van der Waals surface area contributed by atoms with E-state index in [2.05, 4.69) is 11.9 Å². The highest BCUT2D eigenvalue weighted by Gasteiger charge is 2.20. The molecule has 1 aromatic carbocycles. The SMILES string of the molecule is C=CCNC(=O)CN(C(C)=O)c1c(C)cc(C)cc1Cl. The van der Waals surface area contributed by atoms with E-state index in [4.69, 9.17) is 11.6 Å². The third-order valence-corrected chi connectivity index (χ3v) is 3.08. The van der Waals surface area contributed by atoms with Crippen molar-refractivity contribution >= 4 is 29.1 Å². The van der Waals surface area contributed by atoms with Gasteiger partial charge in [0.05, 0.1) is 10.7 Å². The molecule has 0 radical (unpaired) electrons. The minimum atomic E-state index is -0.254. The van der Waals surface area contributed by atoms with Crippen molar-refractivity contribution in [3.63, 3.8) is 0 Å². The molecule has 2 amide bonds. The van der Waals surface area contributed by atoms with Crippen LogP contribution in [0, 0.1) is 13.8 Å². The molecule has 1 N–H and O–H groups in total. The molecule has 20 heavy (non-hydrogen) atoms. The van der Waals surface area contributed by atoms with E-state index in [1.807, 2.05) is 19.9 Å². The Balaban J connectivity index is 3.06. The van der Waals surface area contributed by atoms with Gasteiger partial charge in [-0.05, 0) is 31.0 Å². The minimum Gasteiger partial charge on any atom is -0.351 e. The topological polar surface area (TPSA) is 49.4 Å². The molecule has 0 saturated heterocycles. The minimum absolute atomic E-state index is 0.0627. The Morgan fingerprint density at radius 1 is 1.40 bits per heavy atom. The number of aryl methyl sites for hydroxylation is 2. The number of halogens is 1. The molecule has 1 aromatic rings. The maximum Gasteiger partial charge on any atom is 0.240 e.